The molecule has 0 atom stereocenters. The summed E-state index contributed by atoms with van der Waals surface area (Å²) >= 11 is 0. The first kappa shape index (κ1) is 15.9. The van der Waals surface area contributed by atoms with Crippen molar-refractivity contribution in [3.63, 3.8) is 0 Å². The quantitative estimate of drug-likeness (QED) is 0.508. The molecule has 0 aliphatic carbocycles. The monoisotopic (exact) mass is 300 g/mol. The van der Waals surface area contributed by atoms with E-state index in [1.54, 1.807) is 0 Å². The number of nitrogens with two attached hydrogens (primary N) is 1. The minimum absolute atomic E-state index is 0.00581. The summed E-state index contributed by atoms with van der Waals surface area (Å²) in [6, 6.07) is 9.21. The fraction of sp³-hybridized carbons (Fsp3) is 0.312. The number of hydrazine groups is 1. The van der Waals surface area contributed by atoms with Crippen LogP contribution in [0.3, 0.4) is 0 Å². The number of benzene rings is 1. The number of nitrogens with one attached hydrogen (secondary N) is 1. The van der Waals surface area contributed by atoms with E-state index >= 15 is 0 Å². The van der Waals surface area contributed by atoms with Crippen molar-refractivity contribution >= 4 is 5.91 Å². The molecule has 6 heteroatoms. The summed E-state index contributed by atoms with van der Waals surface area (Å²) < 4.78 is 1.32. The Hall–Kier alpha value is -2.47. The number of nitrogen functional groups attached to an aromatic ring is 1. The number of nitrogens with zero attached hydrogens (tertiary/aromatic N) is 2. The number of rotatable bonds is 4. The van der Waals surface area contributed by atoms with Gasteiger partial charge in [-0.1, -0.05) is 43.7 Å². The number of carbonyl (C=O) groups excluding carboxylic acids is 1. The van der Waals surface area contributed by atoms with Crippen LogP contribution in [0.1, 0.15) is 29.8 Å². The van der Waals surface area contributed by atoms with Gasteiger partial charge in [-0.15, -0.1) is 0 Å². The highest BCUT2D eigenvalue weighted by Gasteiger charge is 2.16. The van der Waals surface area contributed by atoms with Crippen molar-refractivity contribution in [1.29, 1.82) is 0 Å². The van der Waals surface area contributed by atoms with Gasteiger partial charge >= 0.3 is 0 Å². The Morgan fingerprint density at radius 3 is 2.50 bits per heavy atom. The molecule has 116 valence electrons. The zero-order valence-corrected chi connectivity index (χ0v) is 13.0. The van der Waals surface area contributed by atoms with Gasteiger partial charge in [-0.05, 0) is 18.9 Å². The van der Waals surface area contributed by atoms with Gasteiger partial charge in [0.1, 0.15) is 5.56 Å². The van der Waals surface area contributed by atoms with Crippen LogP contribution in [0.5, 0.6) is 0 Å². The summed E-state index contributed by atoms with van der Waals surface area (Å²) in [7, 11) is 0. The van der Waals surface area contributed by atoms with Crippen LogP contribution < -0.4 is 16.8 Å². The van der Waals surface area contributed by atoms with Crippen molar-refractivity contribution in [3.8, 4) is 11.3 Å². The molecule has 0 aliphatic rings. The number of carbonyl (C=O) groups is 1. The van der Waals surface area contributed by atoms with Crippen molar-refractivity contribution < 1.29 is 4.79 Å². The fourth-order valence-corrected chi connectivity index (χ4v) is 2.12. The smallest absolute Gasteiger partial charge is 0.279 e. The lowest BCUT2D eigenvalue weighted by Gasteiger charge is -2.12. The van der Waals surface area contributed by atoms with Crippen molar-refractivity contribution in [2.24, 2.45) is 11.8 Å². The lowest BCUT2D eigenvalue weighted by Crippen LogP contribution is -2.38. The second-order valence-electron chi connectivity index (χ2n) is 5.66. The summed E-state index contributed by atoms with van der Waals surface area (Å²) in [6.07, 6.45) is 0. The lowest BCUT2D eigenvalue weighted by atomic mass is 10.1. The molecule has 0 fully saturated rings. The highest BCUT2D eigenvalue weighted by Crippen LogP contribution is 2.17. The lowest BCUT2D eigenvalue weighted by molar-refractivity contribution is 0.0951. The van der Waals surface area contributed by atoms with E-state index in [9.17, 15) is 9.59 Å². The average molecular weight is 300 g/mol. The molecule has 0 saturated heterocycles. The Morgan fingerprint density at radius 2 is 1.95 bits per heavy atom. The highest BCUT2D eigenvalue weighted by molar-refractivity contribution is 5.94. The summed E-state index contributed by atoms with van der Waals surface area (Å²) in [4.78, 5) is 24.2. The number of aromatic nitrogens is 2. The molecule has 1 aromatic heterocycles. The molecule has 0 spiro atoms. The Labute approximate surface area is 128 Å². The molecule has 0 radical (unpaired) electrons. The van der Waals surface area contributed by atoms with E-state index in [1.807, 2.05) is 50.5 Å². The molecule has 2 aromatic rings. The van der Waals surface area contributed by atoms with Gasteiger partial charge < -0.3 is 0 Å². The minimum atomic E-state index is -0.613. The van der Waals surface area contributed by atoms with Gasteiger partial charge in [0.05, 0.1) is 5.69 Å². The van der Waals surface area contributed by atoms with Gasteiger partial charge in [-0.2, -0.15) is 5.10 Å². The Balaban J connectivity index is 2.61. The maximum absolute atomic E-state index is 12.3. The van der Waals surface area contributed by atoms with E-state index in [0.717, 1.165) is 11.1 Å². The maximum atomic E-state index is 12.3. The summed E-state index contributed by atoms with van der Waals surface area (Å²) in [5.41, 5.74) is 4.10. The molecular formula is C16H20N4O2. The first-order valence-electron chi connectivity index (χ1n) is 7.12. The molecule has 2 rings (SSSR count). The molecule has 0 bridgehead atoms. The molecule has 1 heterocycles. The summed E-state index contributed by atoms with van der Waals surface area (Å²) in [5, 5.41) is 4.37. The van der Waals surface area contributed by atoms with Crippen molar-refractivity contribution in [2.45, 2.75) is 27.3 Å². The fourth-order valence-electron chi connectivity index (χ4n) is 2.12. The third-order valence-electron chi connectivity index (χ3n) is 3.24. The molecule has 0 unspecified atom stereocenters. The van der Waals surface area contributed by atoms with Crippen LogP contribution in [0.4, 0.5) is 0 Å². The predicted octanol–water partition coefficient (Wildman–Crippen LogP) is 1.48. The molecular weight excluding hydrogens is 280 g/mol. The number of hydrogen-bond donors (Lipinski definition) is 2. The SMILES string of the molecule is Cc1ccc(-c2cc(C(=O)NN)c(=O)n(CC(C)C)n2)cc1. The Morgan fingerprint density at radius 1 is 1.32 bits per heavy atom. The van der Waals surface area contributed by atoms with E-state index in [4.69, 9.17) is 5.84 Å². The number of aryl methyl sites for hydroxylation is 1. The second-order valence-corrected chi connectivity index (χ2v) is 5.66. The van der Waals surface area contributed by atoms with Gasteiger partial charge in [0.25, 0.3) is 11.5 Å². The number of amides is 1. The molecule has 1 aromatic carbocycles. The largest absolute Gasteiger partial charge is 0.290 e. The summed E-state index contributed by atoms with van der Waals surface area (Å²) in [5.74, 6) is 4.78. The van der Waals surface area contributed by atoms with Gasteiger partial charge in [-0.3, -0.25) is 15.0 Å². The van der Waals surface area contributed by atoms with E-state index in [2.05, 4.69) is 5.10 Å². The topological polar surface area (TPSA) is 90.0 Å². The van der Waals surface area contributed by atoms with Gasteiger partial charge in [0.15, 0.2) is 0 Å². The standard InChI is InChI=1S/C16H20N4O2/c1-10(2)9-20-16(22)13(15(21)18-17)8-14(19-20)12-6-4-11(3)5-7-12/h4-8,10H,9,17H2,1-3H3,(H,18,21). The van der Waals surface area contributed by atoms with Crippen molar-refractivity contribution in [2.75, 3.05) is 0 Å². The molecule has 0 aliphatic heterocycles. The second kappa shape index (κ2) is 6.53. The van der Waals surface area contributed by atoms with E-state index in [1.165, 1.54) is 10.7 Å². The molecule has 6 nitrogen and oxygen atoms in total. The zero-order chi connectivity index (χ0) is 16.3. The predicted molar refractivity (Wildman–Crippen MR) is 85.2 cm³/mol. The van der Waals surface area contributed by atoms with Crippen LogP contribution in [0, 0.1) is 12.8 Å². The van der Waals surface area contributed by atoms with Crippen LogP contribution in [-0.2, 0) is 6.54 Å². The minimum Gasteiger partial charge on any atom is -0.290 e. The number of hydrogen-bond acceptors (Lipinski definition) is 4. The Bertz CT molecular complexity index is 733. The van der Waals surface area contributed by atoms with Crippen LogP contribution in [0.2, 0.25) is 0 Å². The summed E-state index contributed by atoms with van der Waals surface area (Å²) in [6.45, 7) is 6.39. The van der Waals surface area contributed by atoms with E-state index in [-0.39, 0.29) is 11.5 Å². The average Bonchev–Trinajstić information content (AvgIpc) is 2.49. The first-order valence-corrected chi connectivity index (χ1v) is 7.12. The van der Waals surface area contributed by atoms with Gasteiger partial charge in [0.2, 0.25) is 0 Å². The third kappa shape index (κ3) is 3.40. The molecule has 3 N–H and O–H groups in total. The zero-order valence-electron chi connectivity index (χ0n) is 13.0. The van der Waals surface area contributed by atoms with Crippen LogP contribution in [-0.4, -0.2) is 15.7 Å². The van der Waals surface area contributed by atoms with E-state index in [0.29, 0.717) is 12.2 Å². The molecule has 22 heavy (non-hydrogen) atoms. The Kier molecular flexibility index (Phi) is 4.72. The molecule has 1 amide bonds. The van der Waals surface area contributed by atoms with Crippen molar-refractivity contribution in [1.82, 2.24) is 15.2 Å². The first-order chi connectivity index (χ1) is 10.4. The normalized spacial score (nSPS) is 10.8. The van der Waals surface area contributed by atoms with E-state index < -0.39 is 11.5 Å². The third-order valence-corrected chi connectivity index (χ3v) is 3.24. The van der Waals surface area contributed by atoms with Gasteiger partial charge in [-0.25, -0.2) is 10.5 Å². The van der Waals surface area contributed by atoms with Crippen molar-refractivity contribution in [3.05, 3.63) is 51.8 Å². The van der Waals surface area contributed by atoms with Gasteiger partial charge in [0, 0.05) is 12.1 Å². The maximum Gasteiger partial charge on any atom is 0.279 e. The van der Waals surface area contributed by atoms with Crippen LogP contribution >= 0.6 is 0 Å². The molecule has 0 saturated carbocycles. The van der Waals surface area contributed by atoms with Crippen LogP contribution in [0.15, 0.2) is 35.1 Å². The van der Waals surface area contributed by atoms with Crippen LogP contribution in [0.25, 0.3) is 11.3 Å². The highest BCUT2D eigenvalue weighted by atomic mass is 16.2.